The Balaban J connectivity index is 1.87. The Morgan fingerprint density at radius 3 is 2.63 bits per heavy atom. The van der Waals surface area contributed by atoms with Crippen molar-refractivity contribution in [1.29, 1.82) is 0 Å². The molecule has 0 aliphatic rings. The van der Waals surface area contributed by atoms with Crippen molar-refractivity contribution in [3.05, 3.63) is 69.8 Å². The van der Waals surface area contributed by atoms with Gasteiger partial charge in [0.1, 0.15) is 5.75 Å². The van der Waals surface area contributed by atoms with E-state index in [-0.39, 0.29) is 18.0 Å². The second-order valence-corrected chi connectivity index (χ2v) is 5.99. The Kier molecular flexibility index (Phi) is 7.96. The molecule has 0 bridgehead atoms. The highest BCUT2D eigenvalue weighted by Gasteiger charge is 2.07. The summed E-state index contributed by atoms with van der Waals surface area (Å²) in [6.07, 6.45) is 4.88. The molecule has 7 heteroatoms. The largest absolute Gasteiger partial charge is 0.493 e. The van der Waals surface area contributed by atoms with Crippen molar-refractivity contribution in [3.63, 3.8) is 0 Å². The van der Waals surface area contributed by atoms with E-state index in [1.54, 1.807) is 18.3 Å². The molecule has 7 nitrogen and oxygen atoms in total. The molecular formula is C20H23N3O4. The summed E-state index contributed by atoms with van der Waals surface area (Å²) in [5, 5.41) is 14.6. The lowest BCUT2D eigenvalue weighted by Gasteiger charge is -2.08. The van der Waals surface area contributed by atoms with Crippen LogP contribution in [0.2, 0.25) is 0 Å². The number of hydrazone groups is 1. The maximum Gasteiger partial charge on any atom is 0.269 e. The second kappa shape index (κ2) is 10.7. The Bertz CT molecular complexity index is 788. The van der Waals surface area contributed by atoms with E-state index in [4.69, 9.17) is 4.74 Å². The van der Waals surface area contributed by atoms with Gasteiger partial charge in [-0.05, 0) is 24.1 Å². The zero-order chi connectivity index (χ0) is 19.5. The minimum atomic E-state index is -0.476. The fourth-order valence-corrected chi connectivity index (χ4v) is 2.39. The molecule has 0 spiro atoms. The molecule has 142 valence electrons. The first kappa shape index (κ1) is 20.1. The molecule has 0 saturated heterocycles. The number of nitrogens with one attached hydrogen (secondary N) is 1. The maximum absolute atomic E-state index is 12.0. The average Bonchev–Trinajstić information content (AvgIpc) is 2.66. The van der Waals surface area contributed by atoms with Gasteiger partial charge < -0.3 is 4.74 Å². The molecule has 2 aromatic carbocycles. The van der Waals surface area contributed by atoms with Gasteiger partial charge in [-0.2, -0.15) is 5.10 Å². The molecule has 2 rings (SSSR count). The van der Waals surface area contributed by atoms with Gasteiger partial charge in [-0.15, -0.1) is 0 Å². The minimum Gasteiger partial charge on any atom is -0.493 e. The monoisotopic (exact) mass is 369 g/mol. The van der Waals surface area contributed by atoms with Gasteiger partial charge in [0.05, 0.1) is 24.2 Å². The van der Waals surface area contributed by atoms with Crippen molar-refractivity contribution < 1.29 is 14.5 Å². The van der Waals surface area contributed by atoms with Gasteiger partial charge in [0.25, 0.3) is 5.69 Å². The number of hydrogen-bond acceptors (Lipinski definition) is 5. The normalized spacial score (nSPS) is 10.7. The predicted molar refractivity (Wildman–Crippen MR) is 104 cm³/mol. The molecule has 0 unspecified atom stereocenters. The number of nitro groups is 1. The Labute approximate surface area is 158 Å². The number of rotatable bonds is 10. The van der Waals surface area contributed by atoms with Gasteiger partial charge in [0, 0.05) is 17.7 Å². The van der Waals surface area contributed by atoms with Crippen LogP contribution in [0.4, 0.5) is 5.69 Å². The highest BCUT2D eigenvalue weighted by atomic mass is 16.6. The molecule has 0 aromatic heterocycles. The standard InChI is InChI=1S/C20H23N3O4/c1-2-3-6-13-27-19-8-5-4-7-17(19)15-21-22-20(24)14-16-9-11-18(12-10-16)23(25)26/h4-5,7-12,15H,2-3,6,13-14H2,1H3,(H,22,24)/b21-15-. The molecule has 0 saturated carbocycles. The van der Waals surface area contributed by atoms with E-state index in [9.17, 15) is 14.9 Å². The summed E-state index contributed by atoms with van der Waals surface area (Å²) >= 11 is 0. The summed E-state index contributed by atoms with van der Waals surface area (Å²) in [5.74, 6) is 0.420. The lowest BCUT2D eigenvalue weighted by molar-refractivity contribution is -0.384. The third-order valence-corrected chi connectivity index (χ3v) is 3.83. The van der Waals surface area contributed by atoms with Crippen LogP contribution in [-0.4, -0.2) is 23.7 Å². The Hall–Kier alpha value is -3.22. The molecule has 0 atom stereocenters. The fourth-order valence-electron chi connectivity index (χ4n) is 2.39. The Morgan fingerprint density at radius 1 is 1.19 bits per heavy atom. The summed E-state index contributed by atoms with van der Waals surface area (Å²) in [6, 6.07) is 13.4. The van der Waals surface area contributed by atoms with Crippen molar-refractivity contribution in [2.45, 2.75) is 32.6 Å². The predicted octanol–water partition coefficient (Wildman–Crippen LogP) is 3.86. The minimum absolute atomic E-state index is 0.00674. The topological polar surface area (TPSA) is 93.8 Å². The van der Waals surface area contributed by atoms with Gasteiger partial charge >= 0.3 is 0 Å². The van der Waals surface area contributed by atoms with Gasteiger partial charge in [-0.25, -0.2) is 5.43 Å². The zero-order valence-electron chi connectivity index (χ0n) is 15.3. The van der Waals surface area contributed by atoms with Crippen LogP contribution < -0.4 is 10.2 Å². The van der Waals surface area contributed by atoms with Gasteiger partial charge in [0.2, 0.25) is 5.91 Å². The van der Waals surface area contributed by atoms with Crippen LogP contribution in [0.5, 0.6) is 5.75 Å². The molecule has 1 amide bonds. The van der Waals surface area contributed by atoms with Crippen LogP contribution in [0.3, 0.4) is 0 Å². The Morgan fingerprint density at radius 2 is 1.93 bits per heavy atom. The van der Waals surface area contributed by atoms with Gasteiger partial charge in [-0.1, -0.05) is 44.0 Å². The molecule has 0 fully saturated rings. The van der Waals surface area contributed by atoms with E-state index >= 15 is 0 Å². The van der Waals surface area contributed by atoms with Gasteiger partial charge in [0.15, 0.2) is 0 Å². The molecular weight excluding hydrogens is 346 g/mol. The summed E-state index contributed by atoms with van der Waals surface area (Å²) in [4.78, 5) is 22.1. The summed E-state index contributed by atoms with van der Waals surface area (Å²) in [7, 11) is 0. The number of unbranched alkanes of at least 4 members (excludes halogenated alkanes) is 2. The number of carbonyl (C=O) groups excluding carboxylic acids is 1. The highest BCUT2D eigenvalue weighted by molar-refractivity contribution is 5.85. The lowest BCUT2D eigenvalue weighted by atomic mass is 10.1. The zero-order valence-corrected chi connectivity index (χ0v) is 15.3. The SMILES string of the molecule is CCCCCOc1ccccc1/C=N\NC(=O)Cc1ccc([N+](=O)[O-])cc1. The number of para-hydroxylation sites is 1. The van der Waals surface area contributed by atoms with Crippen molar-refractivity contribution in [2.75, 3.05) is 6.61 Å². The van der Waals surface area contributed by atoms with E-state index in [2.05, 4.69) is 17.5 Å². The van der Waals surface area contributed by atoms with Crippen molar-refractivity contribution >= 4 is 17.8 Å². The van der Waals surface area contributed by atoms with Gasteiger partial charge in [-0.3, -0.25) is 14.9 Å². The van der Waals surface area contributed by atoms with Crippen molar-refractivity contribution in [1.82, 2.24) is 5.43 Å². The third kappa shape index (κ3) is 6.89. The summed E-state index contributed by atoms with van der Waals surface area (Å²) in [6.45, 7) is 2.78. The number of hydrogen-bond donors (Lipinski definition) is 1. The van der Waals surface area contributed by atoms with E-state index in [0.29, 0.717) is 12.2 Å². The first-order chi connectivity index (χ1) is 13.1. The first-order valence-corrected chi connectivity index (χ1v) is 8.87. The molecule has 2 aromatic rings. The average molecular weight is 369 g/mol. The number of amides is 1. The molecule has 27 heavy (non-hydrogen) atoms. The van der Waals surface area contributed by atoms with Crippen LogP contribution in [0.15, 0.2) is 53.6 Å². The van der Waals surface area contributed by atoms with Crippen LogP contribution in [-0.2, 0) is 11.2 Å². The number of non-ortho nitro benzene ring substituents is 1. The van der Waals surface area contributed by atoms with Crippen molar-refractivity contribution in [2.24, 2.45) is 5.10 Å². The fraction of sp³-hybridized carbons (Fsp3) is 0.300. The van der Waals surface area contributed by atoms with Crippen LogP contribution >= 0.6 is 0 Å². The third-order valence-electron chi connectivity index (χ3n) is 3.83. The smallest absolute Gasteiger partial charge is 0.269 e. The number of nitro benzene ring substituents is 1. The van der Waals surface area contributed by atoms with Crippen LogP contribution in [0, 0.1) is 10.1 Å². The first-order valence-electron chi connectivity index (χ1n) is 8.87. The highest BCUT2D eigenvalue weighted by Crippen LogP contribution is 2.16. The molecule has 1 N–H and O–H groups in total. The maximum atomic E-state index is 12.0. The van der Waals surface area contributed by atoms with Crippen LogP contribution in [0.25, 0.3) is 0 Å². The van der Waals surface area contributed by atoms with Crippen molar-refractivity contribution in [3.8, 4) is 5.75 Å². The molecule has 0 aliphatic carbocycles. The summed E-state index contributed by atoms with van der Waals surface area (Å²) < 4.78 is 5.76. The molecule has 0 heterocycles. The van der Waals surface area contributed by atoms with E-state index in [1.807, 2.05) is 24.3 Å². The van der Waals surface area contributed by atoms with E-state index in [0.717, 1.165) is 30.6 Å². The molecule has 0 aliphatic heterocycles. The molecule has 0 radical (unpaired) electrons. The van der Waals surface area contributed by atoms with E-state index in [1.165, 1.54) is 12.1 Å². The van der Waals surface area contributed by atoms with Crippen LogP contribution in [0.1, 0.15) is 37.3 Å². The summed E-state index contributed by atoms with van der Waals surface area (Å²) in [5.41, 5.74) is 3.91. The lowest BCUT2D eigenvalue weighted by Crippen LogP contribution is -2.19. The number of carbonyl (C=O) groups is 1. The number of nitrogens with zero attached hydrogens (tertiary/aromatic N) is 2. The number of ether oxygens (including phenoxy) is 1. The second-order valence-electron chi connectivity index (χ2n) is 5.99. The number of benzene rings is 2. The quantitative estimate of drug-likeness (QED) is 0.298. The van der Waals surface area contributed by atoms with E-state index < -0.39 is 4.92 Å².